The molecule has 0 fully saturated rings. The van der Waals surface area contributed by atoms with Gasteiger partial charge in [-0.1, -0.05) is 55.4 Å². The average Bonchev–Trinajstić information content (AvgIpc) is 3.67. The second kappa shape index (κ2) is 13.5. The van der Waals surface area contributed by atoms with E-state index in [2.05, 4.69) is 89.6 Å². The van der Waals surface area contributed by atoms with Crippen LogP contribution < -0.4 is 0 Å². The van der Waals surface area contributed by atoms with Crippen molar-refractivity contribution in [3.05, 3.63) is 69.3 Å². The molecule has 0 unspecified atom stereocenters. The predicted octanol–water partition coefficient (Wildman–Crippen LogP) is 10.0. The molecule has 218 valence electrons. The predicted molar refractivity (Wildman–Crippen MR) is 173 cm³/mol. The van der Waals surface area contributed by atoms with Crippen molar-refractivity contribution in [2.75, 3.05) is 0 Å². The summed E-state index contributed by atoms with van der Waals surface area (Å²) in [4.78, 5) is 18.2. The van der Waals surface area contributed by atoms with E-state index in [0.29, 0.717) is 0 Å². The minimum Gasteiger partial charge on any atom is -0.355 e. The van der Waals surface area contributed by atoms with Crippen molar-refractivity contribution in [3.8, 4) is 0 Å². The maximum Gasteiger partial charge on any atom is 0.0694 e. The third-order valence-electron chi connectivity index (χ3n) is 8.97. The van der Waals surface area contributed by atoms with Gasteiger partial charge >= 0.3 is 0 Å². The van der Waals surface area contributed by atoms with Gasteiger partial charge in [-0.25, -0.2) is 9.97 Å². The fraction of sp³-hybridized carbons (Fsp3) is 0.444. The summed E-state index contributed by atoms with van der Waals surface area (Å²) in [7, 11) is 0. The number of allylic oxidation sites excluding steroid dienone is 4. The van der Waals surface area contributed by atoms with E-state index in [1.165, 1.54) is 66.6 Å². The Morgan fingerprint density at radius 3 is 0.927 bits per heavy atom. The number of aryl methyl sites for hydroxylation is 4. The molecule has 5 rings (SSSR count). The van der Waals surface area contributed by atoms with Gasteiger partial charge in [0.15, 0.2) is 0 Å². The van der Waals surface area contributed by atoms with Crippen molar-refractivity contribution in [2.45, 2.75) is 107 Å². The van der Waals surface area contributed by atoms with Gasteiger partial charge in [-0.3, -0.25) is 0 Å². The van der Waals surface area contributed by atoms with Gasteiger partial charge in [0.2, 0.25) is 0 Å². The molecule has 5 heteroatoms. The van der Waals surface area contributed by atoms with Gasteiger partial charge in [-0.05, 0) is 120 Å². The van der Waals surface area contributed by atoms with Crippen molar-refractivity contribution < 1.29 is 39.9 Å². The Labute approximate surface area is 278 Å². The third kappa shape index (κ3) is 5.55. The molecular formula is C36H46GdN4. The van der Waals surface area contributed by atoms with E-state index < -0.39 is 0 Å². The topological polar surface area (TPSA) is 57.4 Å². The monoisotopic (exact) mass is 692 g/mol. The summed E-state index contributed by atoms with van der Waals surface area (Å²) < 4.78 is 0. The maximum atomic E-state index is 5.28. The minimum atomic E-state index is 0. The molecule has 2 N–H and O–H groups in total. The molecule has 0 aromatic carbocycles. The Hall–Kier alpha value is -2.08. The molecule has 2 aliphatic rings. The van der Waals surface area contributed by atoms with Crippen LogP contribution in [-0.2, 0) is 25.7 Å². The molecular weight excluding hydrogens is 646 g/mol. The number of nitrogens with zero attached hydrogens (tertiary/aromatic N) is 2. The Kier molecular flexibility index (Phi) is 10.5. The van der Waals surface area contributed by atoms with E-state index in [9.17, 15) is 0 Å². The van der Waals surface area contributed by atoms with Crippen molar-refractivity contribution >= 4 is 44.4 Å². The zero-order chi connectivity index (χ0) is 28.6. The molecule has 0 radical (unpaired) electrons. The van der Waals surface area contributed by atoms with Crippen LogP contribution in [0.2, 0.25) is 0 Å². The molecule has 4 nitrogen and oxygen atoms in total. The standard InChI is InChI=1S/C36H46N4.Gd/c1-9-21-22(10-2)30-18-32-25(13-5)26(14-6)34(39-32)20-36-28(16-8)27(15-7)35(40-36)19-33-24(12-4)23(11-3)31(38-33)17-29(21)37-30;/h17-20,37-38H,9-16H2,1-8H3;. The molecule has 2 aliphatic heterocycles. The number of hydrogen-bond donors (Lipinski definition) is 2. The van der Waals surface area contributed by atoms with E-state index in [4.69, 9.17) is 9.97 Å². The second-order valence-corrected chi connectivity index (χ2v) is 10.9. The number of H-pyrrole nitrogens is 2. The number of rotatable bonds is 8. The quantitative estimate of drug-likeness (QED) is 0.247. The number of nitrogens with one attached hydrogen (secondary N) is 2. The molecule has 0 saturated carbocycles. The Bertz CT molecular complexity index is 1560. The van der Waals surface area contributed by atoms with E-state index in [-0.39, 0.29) is 39.9 Å². The summed E-state index contributed by atoms with van der Waals surface area (Å²) in [6, 6.07) is 9.24. The summed E-state index contributed by atoms with van der Waals surface area (Å²) in [5, 5.41) is 0. The zero-order valence-electron chi connectivity index (χ0n) is 26.2. The van der Waals surface area contributed by atoms with E-state index in [1.807, 2.05) is 0 Å². The zero-order valence-corrected chi connectivity index (χ0v) is 28.5. The molecule has 3 aromatic rings. The van der Waals surface area contributed by atoms with Crippen molar-refractivity contribution in [1.82, 2.24) is 19.9 Å². The molecule has 0 amide bonds. The first kappa shape index (κ1) is 31.9. The molecule has 5 heterocycles. The van der Waals surface area contributed by atoms with Crippen LogP contribution in [0.4, 0.5) is 0 Å². The number of aromatic amines is 2. The molecule has 3 aromatic heterocycles. The number of aromatic nitrogens is 4. The molecule has 0 atom stereocenters. The van der Waals surface area contributed by atoms with Crippen LogP contribution in [0, 0.1) is 39.9 Å². The van der Waals surface area contributed by atoms with E-state index in [0.717, 1.165) is 74.1 Å². The first-order valence-corrected chi connectivity index (χ1v) is 15.7. The molecule has 8 bridgehead atoms. The Morgan fingerprint density at radius 2 is 0.659 bits per heavy atom. The van der Waals surface area contributed by atoms with Crippen LogP contribution in [-0.4, -0.2) is 19.9 Å². The van der Waals surface area contributed by atoms with Crippen LogP contribution in [0.15, 0.2) is 24.3 Å². The van der Waals surface area contributed by atoms with Gasteiger partial charge in [0.25, 0.3) is 0 Å². The van der Waals surface area contributed by atoms with Crippen LogP contribution in [0.5, 0.6) is 0 Å². The Morgan fingerprint density at radius 1 is 0.390 bits per heavy atom. The van der Waals surface area contributed by atoms with Gasteiger partial charge in [0.05, 0.1) is 22.8 Å². The largest absolute Gasteiger partial charge is 0.355 e. The van der Waals surface area contributed by atoms with Crippen molar-refractivity contribution in [3.63, 3.8) is 0 Å². The van der Waals surface area contributed by atoms with Gasteiger partial charge in [0, 0.05) is 62.0 Å². The first-order chi connectivity index (χ1) is 19.5. The van der Waals surface area contributed by atoms with Crippen LogP contribution in [0.25, 0.3) is 44.4 Å². The van der Waals surface area contributed by atoms with Crippen molar-refractivity contribution in [1.29, 1.82) is 0 Å². The SMILES string of the molecule is CCC1=C(CC)c2cc3[nH]c(cc4[nH]c(cc5nc(cc1n2)C(CC)=C5CC)c(CC)c4CC)c(CC)c3CC.[Gd]. The summed E-state index contributed by atoms with van der Waals surface area (Å²) in [6.45, 7) is 18.1. The maximum absolute atomic E-state index is 5.28. The first-order valence-electron chi connectivity index (χ1n) is 15.7. The summed E-state index contributed by atoms with van der Waals surface area (Å²) in [5.41, 5.74) is 20.2. The van der Waals surface area contributed by atoms with Gasteiger partial charge in [-0.2, -0.15) is 0 Å². The van der Waals surface area contributed by atoms with Crippen LogP contribution >= 0.6 is 0 Å². The molecule has 0 saturated heterocycles. The molecule has 0 aliphatic carbocycles. The summed E-state index contributed by atoms with van der Waals surface area (Å²) in [6.07, 6.45) is 7.84. The van der Waals surface area contributed by atoms with Gasteiger partial charge in [-0.15, -0.1) is 0 Å². The minimum absolute atomic E-state index is 0. The normalized spacial score (nSPS) is 13.3. The van der Waals surface area contributed by atoms with Gasteiger partial charge < -0.3 is 9.97 Å². The second-order valence-electron chi connectivity index (χ2n) is 10.9. The van der Waals surface area contributed by atoms with E-state index in [1.54, 1.807) is 0 Å². The van der Waals surface area contributed by atoms with Crippen LogP contribution in [0.1, 0.15) is 126 Å². The number of fused-ring (bicyclic) bond motifs is 8. The Balaban J connectivity index is 0.00000387. The summed E-state index contributed by atoms with van der Waals surface area (Å²) in [5.74, 6) is 0. The molecule has 41 heavy (non-hydrogen) atoms. The van der Waals surface area contributed by atoms with Gasteiger partial charge in [0.1, 0.15) is 0 Å². The fourth-order valence-corrected chi connectivity index (χ4v) is 7.10. The fourth-order valence-electron chi connectivity index (χ4n) is 7.10. The summed E-state index contributed by atoms with van der Waals surface area (Å²) >= 11 is 0. The third-order valence-corrected chi connectivity index (χ3v) is 8.97. The van der Waals surface area contributed by atoms with E-state index >= 15 is 0 Å². The molecule has 0 spiro atoms. The van der Waals surface area contributed by atoms with Crippen LogP contribution in [0.3, 0.4) is 0 Å². The number of hydrogen-bond acceptors (Lipinski definition) is 2. The average molecular weight is 692 g/mol. The van der Waals surface area contributed by atoms with Crippen molar-refractivity contribution in [2.24, 2.45) is 0 Å². The smallest absolute Gasteiger partial charge is 0.0694 e.